The van der Waals surface area contributed by atoms with Crippen LogP contribution in [0.3, 0.4) is 0 Å². The van der Waals surface area contributed by atoms with Crippen LogP contribution in [-0.2, 0) is 4.79 Å². The van der Waals surface area contributed by atoms with Crippen LogP contribution in [-0.4, -0.2) is 5.91 Å². The van der Waals surface area contributed by atoms with Gasteiger partial charge in [-0.1, -0.05) is 6.92 Å². The van der Waals surface area contributed by atoms with Gasteiger partial charge in [0.15, 0.2) is 0 Å². The van der Waals surface area contributed by atoms with Crippen molar-refractivity contribution in [3.05, 3.63) is 6.42 Å². The van der Waals surface area contributed by atoms with Gasteiger partial charge < -0.3 is 5.73 Å². The zero-order valence-electron chi connectivity index (χ0n) is 8.75. The summed E-state index contributed by atoms with van der Waals surface area (Å²) >= 11 is 0. The van der Waals surface area contributed by atoms with Crippen LogP contribution in [0.4, 0.5) is 0 Å². The van der Waals surface area contributed by atoms with Crippen LogP contribution in [0.1, 0.15) is 39.0 Å². The minimum atomic E-state index is -0.223. The summed E-state index contributed by atoms with van der Waals surface area (Å²) in [6.45, 7) is 2.34. The molecule has 1 amide bonds. The molecule has 0 aromatic rings. The topological polar surface area (TPSA) is 43.1 Å². The first kappa shape index (κ1) is 8.75. The molecule has 77 valence electrons. The lowest BCUT2D eigenvalue weighted by Crippen LogP contribution is -2.56. The van der Waals surface area contributed by atoms with Crippen LogP contribution in [0.25, 0.3) is 0 Å². The van der Waals surface area contributed by atoms with Gasteiger partial charge in [0.1, 0.15) is 0 Å². The van der Waals surface area contributed by atoms with Crippen LogP contribution < -0.4 is 5.73 Å². The van der Waals surface area contributed by atoms with Gasteiger partial charge >= 0.3 is 0 Å². The number of hydrogen-bond acceptors (Lipinski definition) is 1. The van der Waals surface area contributed by atoms with E-state index in [1.165, 1.54) is 19.3 Å². The van der Waals surface area contributed by atoms with E-state index in [-0.39, 0.29) is 11.3 Å². The Bertz CT molecular complexity index is 283. The van der Waals surface area contributed by atoms with Crippen molar-refractivity contribution in [3.8, 4) is 0 Å². The van der Waals surface area contributed by atoms with Crippen LogP contribution in [0.15, 0.2) is 0 Å². The second-order valence-electron chi connectivity index (χ2n) is 6.15. The van der Waals surface area contributed by atoms with Crippen molar-refractivity contribution in [2.24, 2.45) is 28.4 Å². The lowest BCUT2D eigenvalue weighted by atomic mass is 9.44. The van der Waals surface area contributed by atoms with Gasteiger partial charge in [0, 0.05) is 0 Å². The number of carbonyl (C=O) groups is 1. The molecule has 4 fully saturated rings. The lowest BCUT2D eigenvalue weighted by Gasteiger charge is -2.59. The fraction of sp³-hybridized carbons (Fsp3) is 0.833. The zero-order valence-corrected chi connectivity index (χ0v) is 8.75. The van der Waals surface area contributed by atoms with Gasteiger partial charge in [0.25, 0.3) is 0 Å². The van der Waals surface area contributed by atoms with Gasteiger partial charge in [-0.25, -0.2) is 0 Å². The number of rotatable bonds is 1. The van der Waals surface area contributed by atoms with Gasteiger partial charge in [0.05, 0.1) is 5.41 Å². The largest absolute Gasteiger partial charge is 0.369 e. The molecule has 0 saturated heterocycles. The Morgan fingerprint density at radius 3 is 2.79 bits per heavy atom. The first-order valence-electron chi connectivity index (χ1n) is 5.67. The number of primary amides is 1. The molecule has 4 atom stereocenters. The van der Waals surface area contributed by atoms with E-state index in [2.05, 4.69) is 13.3 Å². The third kappa shape index (κ3) is 0.999. The molecule has 2 heteroatoms. The molecule has 2 N–H and O–H groups in total. The van der Waals surface area contributed by atoms with Crippen molar-refractivity contribution in [3.63, 3.8) is 0 Å². The molecule has 4 saturated carbocycles. The summed E-state index contributed by atoms with van der Waals surface area (Å²) in [6, 6.07) is 0. The van der Waals surface area contributed by atoms with Gasteiger partial charge in [-0.2, -0.15) is 0 Å². The number of hydrogen-bond donors (Lipinski definition) is 1. The molecule has 4 aliphatic rings. The third-order valence-corrected chi connectivity index (χ3v) is 4.61. The molecule has 0 aromatic heterocycles. The van der Waals surface area contributed by atoms with Crippen LogP contribution in [0.5, 0.6) is 0 Å². The summed E-state index contributed by atoms with van der Waals surface area (Å²) in [6.07, 6.45) is 8.26. The van der Waals surface area contributed by atoms with Crippen molar-refractivity contribution >= 4 is 5.91 Å². The fourth-order valence-corrected chi connectivity index (χ4v) is 4.63. The Morgan fingerprint density at radius 1 is 1.43 bits per heavy atom. The smallest absolute Gasteiger partial charge is 0.223 e. The van der Waals surface area contributed by atoms with E-state index in [0.717, 1.165) is 18.8 Å². The van der Waals surface area contributed by atoms with Gasteiger partial charge in [0.2, 0.25) is 5.91 Å². The molecule has 1 radical (unpaired) electrons. The predicted octanol–water partition coefficient (Wildman–Crippen LogP) is 1.89. The van der Waals surface area contributed by atoms with E-state index in [1.54, 1.807) is 0 Å². The number of carbonyl (C=O) groups excluding carboxylic acids is 1. The van der Waals surface area contributed by atoms with Gasteiger partial charge in [-0.05, 0) is 55.8 Å². The Kier molecular flexibility index (Phi) is 1.46. The average molecular weight is 192 g/mol. The molecule has 14 heavy (non-hydrogen) atoms. The van der Waals surface area contributed by atoms with Crippen molar-refractivity contribution in [1.82, 2.24) is 0 Å². The Balaban J connectivity index is 2.00. The normalized spacial score (nSPS) is 54.9. The number of amides is 1. The molecule has 0 spiro atoms. The summed E-state index contributed by atoms with van der Waals surface area (Å²) in [5.41, 5.74) is 5.77. The maximum atomic E-state index is 11.6. The van der Waals surface area contributed by atoms with Gasteiger partial charge in [-0.3, -0.25) is 4.79 Å². The Hall–Kier alpha value is -0.530. The highest BCUT2D eigenvalue weighted by Crippen LogP contribution is 2.64. The van der Waals surface area contributed by atoms with Crippen LogP contribution in [0, 0.1) is 29.1 Å². The van der Waals surface area contributed by atoms with E-state index in [1.807, 2.05) is 0 Å². The SMILES string of the molecule is CC12CC3[CH]C(C(N)=O)(CC(C3)C1)C2. The maximum Gasteiger partial charge on any atom is 0.223 e. The van der Waals surface area contributed by atoms with E-state index >= 15 is 0 Å². The second kappa shape index (κ2) is 2.34. The molecule has 0 aliphatic heterocycles. The molecule has 0 heterocycles. The summed E-state index contributed by atoms with van der Waals surface area (Å²) in [4.78, 5) is 11.6. The molecule has 2 nitrogen and oxygen atoms in total. The van der Waals surface area contributed by atoms with Crippen molar-refractivity contribution in [1.29, 1.82) is 0 Å². The molecule has 4 rings (SSSR count). The second-order valence-corrected chi connectivity index (χ2v) is 6.15. The predicted molar refractivity (Wildman–Crippen MR) is 54.1 cm³/mol. The van der Waals surface area contributed by atoms with E-state index in [0.29, 0.717) is 11.3 Å². The Morgan fingerprint density at radius 2 is 2.21 bits per heavy atom. The first-order chi connectivity index (χ1) is 6.51. The summed E-state index contributed by atoms with van der Waals surface area (Å²) in [5.74, 6) is 1.37. The quantitative estimate of drug-likeness (QED) is 0.677. The summed E-state index contributed by atoms with van der Waals surface area (Å²) in [5, 5.41) is 0. The van der Waals surface area contributed by atoms with Crippen molar-refractivity contribution in [2.75, 3.05) is 0 Å². The van der Waals surface area contributed by atoms with E-state index in [4.69, 9.17) is 5.73 Å². The highest BCUT2D eigenvalue weighted by Gasteiger charge is 2.58. The van der Waals surface area contributed by atoms with E-state index in [9.17, 15) is 4.79 Å². The van der Waals surface area contributed by atoms with Crippen molar-refractivity contribution < 1.29 is 4.79 Å². The van der Waals surface area contributed by atoms with Crippen LogP contribution in [0.2, 0.25) is 0 Å². The van der Waals surface area contributed by atoms with Gasteiger partial charge in [-0.15, -0.1) is 0 Å². The maximum absolute atomic E-state index is 11.6. The molecular weight excluding hydrogens is 174 g/mol. The molecule has 4 unspecified atom stereocenters. The standard InChI is InChI=1S/C12H18NO/c1-11-3-8-2-9(4-11)6-12(5-8,7-11)10(13)14/h5,8-9H,2-4,6-7H2,1H3,(H2,13,14). The monoisotopic (exact) mass is 192 g/mol. The fourth-order valence-electron chi connectivity index (χ4n) is 4.63. The van der Waals surface area contributed by atoms with E-state index < -0.39 is 0 Å². The molecule has 4 aliphatic carbocycles. The first-order valence-corrected chi connectivity index (χ1v) is 5.67. The molecule has 0 aromatic carbocycles. The Labute approximate surface area is 85.2 Å². The highest BCUT2D eigenvalue weighted by molar-refractivity contribution is 5.83. The summed E-state index contributed by atoms with van der Waals surface area (Å²) in [7, 11) is 0. The minimum Gasteiger partial charge on any atom is -0.369 e. The minimum absolute atomic E-state index is 0.0715. The molecular formula is C12H18NO. The van der Waals surface area contributed by atoms with Crippen molar-refractivity contribution in [2.45, 2.75) is 39.0 Å². The number of nitrogens with two attached hydrogens (primary N) is 1. The highest BCUT2D eigenvalue weighted by atomic mass is 16.1. The lowest BCUT2D eigenvalue weighted by molar-refractivity contribution is -0.140. The zero-order chi connectivity index (χ0) is 9.97. The average Bonchev–Trinajstić information content (AvgIpc) is 1.98. The summed E-state index contributed by atoms with van der Waals surface area (Å²) < 4.78 is 0. The third-order valence-electron chi connectivity index (χ3n) is 4.61. The van der Waals surface area contributed by atoms with Crippen LogP contribution >= 0.6 is 0 Å². The molecule has 4 bridgehead atoms.